The Hall–Kier alpha value is -2.91. The van der Waals surface area contributed by atoms with Crippen LogP contribution in [0.15, 0.2) is 54.6 Å². The lowest BCUT2D eigenvalue weighted by molar-refractivity contribution is -0.141. The molecule has 0 atom stereocenters. The van der Waals surface area contributed by atoms with Gasteiger partial charge in [-0.05, 0) is 41.4 Å². The smallest absolute Gasteiger partial charge is 0.358 e. The number of nitrogens with zero attached hydrogens (tertiary/aromatic N) is 3. The van der Waals surface area contributed by atoms with Gasteiger partial charge in [0.2, 0.25) is 5.95 Å². The lowest BCUT2D eigenvalue weighted by Crippen LogP contribution is -2.33. The number of nitrogens with one attached hydrogen (secondary N) is 2. The van der Waals surface area contributed by atoms with Crippen molar-refractivity contribution in [3.05, 3.63) is 82.0 Å². The molecule has 2 heterocycles. The third-order valence-electron chi connectivity index (χ3n) is 5.08. The van der Waals surface area contributed by atoms with E-state index in [-0.39, 0.29) is 16.9 Å². The molecule has 1 aromatic heterocycles. The van der Waals surface area contributed by atoms with Crippen LogP contribution in [0, 0.1) is 0 Å². The van der Waals surface area contributed by atoms with Crippen molar-refractivity contribution >= 4 is 40.7 Å². The van der Waals surface area contributed by atoms with E-state index < -0.39 is 11.9 Å². The van der Waals surface area contributed by atoms with Gasteiger partial charge in [-0.1, -0.05) is 54.1 Å². The second kappa shape index (κ2) is 9.30. The van der Waals surface area contributed by atoms with Crippen LogP contribution >= 0.6 is 23.8 Å². The summed E-state index contributed by atoms with van der Waals surface area (Å²) < 4.78 is 40.5. The Morgan fingerprint density at radius 3 is 2.53 bits per heavy atom. The molecule has 2 N–H and O–H groups in total. The maximum atomic E-state index is 13.5. The minimum Gasteiger partial charge on any atom is -0.358 e. The predicted molar refractivity (Wildman–Crippen MR) is 123 cm³/mol. The fraction of sp³-hybridized carbons (Fsp3) is 0.227. The molecular weight excluding hydrogens is 459 g/mol. The first-order valence-electron chi connectivity index (χ1n) is 9.86. The molecular formula is C22H19ClF3N5S. The Bertz CT molecular complexity index is 1140. The molecule has 2 aromatic carbocycles. The highest BCUT2D eigenvalue weighted by Crippen LogP contribution is 2.32. The van der Waals surface area contributed by atoms with Gasteiger partial charge in [0.05, 0.1) is 0 Å². The minimum atomic E-state index is -4.62. The molecule has 5 nitrogen and oxygen atoms in total. The molecule has 0 fully saturated rings. The number of benzene rings is 2. The Morgan fingerprint density at radius 2 is 1.78 bits per heavy atom. The second-order valence-electron chi connectivity index (χ2n) is 7.27. The van der Waals surface area contributed by atoms with Gasteiger partial charge >= 0.3 is 6.18 Å². The highest BCUT2D eigenvalue weighted by atomic mass is 35.5. The van der Waals surface area contributed by atoms with Gasteiger partial charge in [-0.25, -0.2) is 4.98 Å². The van der Waals surface area contributed by atoms with Gasteiger partial charge in [0, 0.05) is 30.7 Å². The van der Waals surface area contributed by atoms with Crippen molar-refractivity contribution in [2.24, 2.45) is 0 Å². The lowest BCUT2D eigenvalue weighted by Gasteiger charge is -2.30. The summed E-state index contributed by atoms with van der Waals surface area (Å²) in [6.07, 6.45) is -3.89. The molecule has 3 aromatic rings. The van der Waals surface area contributed by atoms with Gasteiger partial charge < -0.3 is 15.5 Å². The van der Waals surface area contributed by atoms with E-state index in [0.717, 1.165) is 23.6 Å². The molecule has 0 aliphatic carbocycles. The summed E-state index contributed by atoms with van der Waals surface area (Å²) >= 11 is 11.3. The first kappa shape index (κ1) is 22.3. The average Bonchev–Trinajstić information content (AvgIpc) is 2.77. The first-order chi connectivity index (χ1) is 15.3. The van der Waals surface area contributed by atoms with Crippen LogP contribution in [0.5, 0.6) is 0 Å². The Labute approximate surface area is 193 Å². The van der Waals surface area contributed by atoms with Crippen LogP contribution in [0.3, 0.4) is 0 Å². The fourth-order valence-corrected chi connectivity index (χ4v) is 3.82. The van der Waals surface area contributed by atoms with Crippen molar-refractivity contribution in [3.63, 3.8) is 0 Å². The largest absolute Gasteiger partial charge is 0.433 e. The molecule has 0 spiro atoms. The van der Waals surface area contributed by atoms with E-state index in [1.807, 2.05) is 41.3 Å². The van der Waals surface area contributed by atoms with E-state index in [1.165, 1.54) is 5.56 Å². The maximum absolute atomic E-state index is 13.5. The summed E-state index contributed by atoms with van der Waals surface area (Å²) in [5.41, 5.74) is 2.03. The van der Waals surface area contributed by atoms with Gasteiger partial charge in [0.25, 0.3) is 0 Å². The SMILES string of the molecule is FC(F)(F)c1cc(N2CCc3ccccc3C2)nc(NC(=S)NCc2ccccc2Cl)n1. The summed E-state index contributed by atoms with van der Waals surface area (Å²) in [7, 11) is 0. The van der Waals surface area contributed by atoms with Crippen molar-refractivity contribution in [3.8, 4) is 0 Å². The monoisotopic (exact) mass is 477 g/mol. The number of hydrogen-bond acceptors (Lipinski definition) is 4. The number of fused-ring (bicyclic) bond motifs is 1. The van der Waals surface area contributed by atoms with Crippen LogP contribution in [-0.2, 0) is 25.7 Å². The summed E-state index contributed by atoms with van der Waals surface area (Å²) in [4.78, 5) is 9.75. The molecule has 0 unspecified atom stereocenters. The van der Waals surface area contributed by atoms with Crippen molar-refractivity contribution in [2.45, 2.75) is 25.7 Å². The van der Waals surface area contributed by atoms with E-state index in [4.69, 9.17) is 23.8 Å². The van der Waals surface area contributed by atoms with Crippen molar-refractivity contribution in [2.75, 3.05) is 16.8 Å². The second-order valence-corrected chi connectivity index (χ2v) is 8.09. The normalized spacial score (nSPS) is 13.4. The number of hydrogen-bond donors (Lipinski definition) is 2. The highest BCUT2D eigenvalue weighted by Gasteiger charge is 2.34. The van der Waals surface area contributed by atoms with Crippen LogP contribution in [0.25, 0.3) is 0 Å². The molecule has 0 bridgehead atoms. The van der Waals surface area contributed by atoms with Crippen LogP contribution in [0.2, 0.25) is 5.02 Å². The number of aromatic nitrogens is 2. The molecule has 1 aliphatic rings. The quantitative estimate of drug-likeness (QED) is 0.504. The average molecular weight is 478 g/mol. The zero-order chi connectivity index (χ0) is 22.7. The molecule has 0 amide bonds. The number of thiocarbonyl (C=S) groups is 1. The van der Waals surface area contributed by atoms with Crippen LogP contribution < -0.4 is 15.5 Å². The number of anilines is 2. The van der Waals surface area contributed by atoms with Gasteiger partial charge in [-0.15, -0.1) is 0 Å². The van der Waals surface area contributed by atoms with Gasteiger partial charge in [-0.2, -0.15) is 18.2 Å². The van der Waals surface area contributed by atoms with E-state index in [1.54, 1.807) is 12.1 Å². The molecule has 1 aliphatic heterocycles. The minimum absolute atomic E-state index is 0.0965. The summed E-state index contributed by atoms with van der Waals surface area (Å²) in [6.45, 7) is 1.33. The van der Waals surface area contributed by atoms with E-state index >= 15 is 0 Å². The van der Waals surface area contributed by atoms with Gasteiger partial charge in [0.1, 0.15) is 5.82 Å². The van der Waals surface area contributed by atoms with E-state index in [0.29, 0.717) is 24.7 Å². The topological polar surface area (TPSA) is 53.1 Å². The molecule has 10 heteroatoms. The van der Waals surface area contributed by atoms with Gasteiger partial charge in [0.15, 0.2) is 10.8 Å². The molecule has 4 rings (SSSR count). The Kier molecular flexibility index (Phi) is 6.48. The summed E-state index contributed by atoms with van der Waals surface area (Å²) in [6, 6.07) is 16.1. The summed E-state index contributed by atoms with van der Waals surface area (Å²) in [5, 5.41) is 6.25. The first-order valence-corrected chi connectivity index (χ1v) is 10.6. The molecule has 32 heavy (non-hydrogen) atoms. The van der Waals surface area contributed by atoms with Gasteiger partial charge in [-0.3, -0.25) is 0 Å². The Morgan fingerprint density at radius 1 is 1.06 bits per heavy atom. The van der Waals surface area contributed by atoms with E-state index in [9.17, 15) is 13.2 Å². The predicted octanol–water partition coefficient (Wildman–Crippen LogP) is 5.20. The molecule has 0 saturated heterocycles. The molecule has 166 valence electrons. The van der Waals surface area contributed by atoms with Crippen LogP contribution in [0.1, 0.15) is 22.4 Å². The summed E-state index contributed by atoms with van der Waals surface area (Å²) in [5.74, 6) is -0.0245. The molecule has 0 radical (unpaired) electrons. The standard InChI is InChI=1S/C22H19ClF3N5S/c23-17-8-4-3-6-15(17)12-27-21(32)30-20-28-18(22(24,25)26)11-19(29-20)31-10-9-14-5-1-2-7-16(14)13-31/h1-8,11H,9-10,12-13H2,(H2,27,28,29,30,32). The maximum Gasteiger partial charge on any atom is 0.433 e. The third kappa shape index (κ3) is 5.28. The fourth-order valence-electron chi connectivity index (χ4n) is 3.45. The van der Waals surface area contributed by atoms with Crippen LogP contribution in [-0.4, -0.2) is 21.6 Å². The lowest BCUT2D eigenvalue weighted by atomic mass is 10.00. The van der Waals surface area contributed by atoms with Crippen molar-refractivity contribution in [1.29, 1.82) is 0 Å². The van der Waals surface area contributed by atoms with Crippen LogP contribution in [0.4, 0.5) is 24.9 Å². The molecule has 0 saturated carbocycles. The zero-order valence-electron chi connectivity index (χ0n) is 16.8. The van der Waals surface area contributed by atoms with Crippen molar-refractivity contribution in [1.82, 2.24) is 15.3 Å². The third-order valence-corrected chi connectivity index (χ3v) is 5.70. The van der Waals surface area contributed by atoms with Crippen molar-refractivity contribution < 1.29 is 13.2 Å². The Balaban J connectivity index is 1.53. The van der Waals surface area contributed by atoms with E-state index in [2.05, 4.69) is 20.6 Å². The highest BCUT2D eigenvalue weighted by molar-refractivity contribution is 7.80. The zero-order valence-corrected chi connectivity index (χ0v) is 18.4. The number of rotatable bonds is 4. The number of halogens is 4. The number of alkyl halides is 3.